The molecule has 2 unspecified atom stereocenters. The first-order valence-electron chi connectivity index (χ1n) is 14.0. The molecule has 1 aromatic rings. The van der Waals surface area contributed by atoms with Crippen LogP contribution in [0.1, 0.15) is 83.1 Å². The summed E-state index contributed by atoms with van der Waals surface area (Å²) in [6.07, 6.45) is 8.52. The van der Waals surface area contributed by atoms with E-state index >= 15 is 0 Å². The molecule has 2 aliphatic carbocycles. The van der Waals surface area contributed by atoms with Crippen LogP contribution in [0.15, 0.2) is 18.2 Å². The lowest BCUT2D eigenvalue weighted by molar-refractivity contribution is -0.139. The average molecular weight is 518 g/mol. The molecule has 2 amide bonds. The van der Waals surface area contributed by atoms with E-state index in [0.29, 0.717) is 50.6 Å². The zero-order valence-electron chi connectivity index (χ0n) is 22.2. The SMILES string of the molecule is CC1(C)COC(=O)N1CC1(C2CCCCC2)CCN(C(=O)[C@@H]2CC(N)CC2c2ccc(F)cc2F)CC1. The molecule has 37 heavy (non-hydrogen) atoms. The third-order valence-corrected chi connectivity index (χ3v) is 9.79. The van der Waals surface area contributed by atoms with Gasteiger partial charge in [0, 0.05) is 37.7 Å². The number of carbonyl (C=O) groups excluding carboxylic acids is 2. The first-order valence-corrected chi connectivity index (χ1v) is 14.0. The summed E-state index contributed by atoms with van der Waals surface area (Å²) >= 11 is 0. The van der Waals surface area contributed by atoms with Gasteiger partial charge in [-0.15, -0.1) is 0 Å². The van der Waals surface area contributed by atoms with E-state index in [4.69, 9.17) is 10.5 Å². The molecule has 0 radical (unpaired) electrons. The van der Waals surface area contributed by atoms with Crippen molar-refractivity contribution in [1.29, 1.82) is 0 Å². The van der Waals surface area contributed by atoms with Crippen molar-refractivity contribution < 1.29 is 23.1 Å². The number of nitrogens with two attached hydrogens (primary N) is 1. The molecule has 0 spiro atoms. The van der Waals surface area contributed by atoms with Gasteiger partial charge in [-0.1, -0.05) is 25.3 Å². The Labute approximate surface area is 218 Å². The van der Waals surface area contributed by atoms with Gasteiger partial charge in [-0.25, -0.2) is 13.6 Å². The highest BCUT2D eigenvalue weighted by Crippen LogP contribution is 2.49. The number of ether oxygens (including phenoxy) is 1. The Balaban J connectivity index is 1.33. The minimum atomic E-state index is -0.619. The number of halogens is 2. The Morgan fingerprint density at radius 2 is 1.81 bits per heavy atom. The quantitative estimate of drug-likeness (QED) is 0.582. The van der Waals surface area contributed by atoms with Crippen LogP contribution in [-0.4, -0.2) is 59.6 Å². The summed E-state index contributed by atoms with van der Waals surface area (Å²) in [4.78, 5) is 30.3. The lowest BCUT2D eigenvalue weighted by Crippen LogP contribution is -2.55. The minimum Gasteiger partial charge on any atom is -0.447 e. The second-order valence-corrected chi connectivity index (χ2v) is 12.6. The molecule has 6 nitrogen and oxygen atoms in total. The Morgan fingerprint density at radius 1 is 1.11 bits per heavy atom. The first-order chi connectivity index (χ1) is 17.6. The fourth-order valence-electron chi connectivity index (χ4n) is 7.55. The van der Waals surface area contributed by atoms with Crippen LogP contribution in [0, 0.1) is 28.9 Å². The lowest BCUT2D eigenvalue weighted by Gasteiger charge is -2.51. The van der Waals surface area contributed by atoms with Gasteiger partial charge >= 0.3 is 6.09 Å². The van der Waals surface area contributed by atoms with E-state index in [1.807, 2.05) is 9.80 Å². The molecular weight excluding hydrogens is 476 g/mol. The number of hydrogen-bond donors (Lipinski definition) is 1. The Hall–Kier alpha value is -2.22. The number of likely N-dealkylation sites (tertiary alicyclic amines) is 1. The van der Waals surface area contributed by atoms with Crippen LogP contribution in [0.5, 0.6) is 0 Å². The summed E-state index contributed by atoms with van der Waals surface area (Å²) in [5, 5.41) is 0. The highest BCUT2D eigenvalue weighted by Gasteiger charge is 2.50. The second kappa shape index (κ2) is 10.2. The molecule has 2 N–H and O–H groups in total. The van der Waals surface area contributed by atoms with Crippen LogP contribution in [0.2, 0.25) is 0 Å². The van der Waals surface area contributed by atoms with Gasteiger partial charge in [-0.05, 0) is 81.3 Å². The van der Waals surface area contributed by atoms with E-state index in [0.717, 1.165) is 18.9 Å². The molecule has 0 aromatic heterocycles. The third kappa shape index (κ3) is 5.10. The predicted octanol–water partition coefficient (Wildman–Crippen LogP) is 5.21. The Morgan fingerprint density at radius 3 is 2.43 bits per heavy atom. The van der Waals surface area contributed by atoms with Gasteiger partial charge < -0.3 is 15.4 Å². The number of amides is 2. The third-order valence-electron chi connectivity index (χ3n) is 9.79. The maximum Gasteiger partial charge on any atom is 0.410 e. The number of benzene rings is 1. The van der Waals surface area contributed by atoms with Crippen LogP contribution in [0.4, 0.5) is 13.6 Å². The van der Waals surface area contributed by atoms with Crippen molar-refractivity contribution in [3.8, 4) is 0 Å². The summed E-state index contributed by atoms with van der Waals surface area (Å²) in [5.41, 5.74) is 6.27. The maximum atomic E-state index is 14.7. The summed E-state index contributed by atoms with van der Waals surface area (Å²) in [6, 6.07) is 3.44. The van der Waals surface area contributed by atoms with Crippen LogP contribution in [0.25, 0.3) is 0 Å². The second-order valence-electron chi connectivity index (χ2n) is 12.6. The average Bonchev–Trinajstić information content (AvgIpc) is 3.38. The van der Waals surface area contributed by atoms with Gasteiger partial charge in [0.2, 0.25) is 5.91 Å². The number of cyclic esters (lactones) is 1. The molecule has 204 valence electrons. The van der Waals surface area contributed by atoms with Gasteiger partial charge in [-0.3, -0.25) is 9.69 Å². The molecule has 2 aliphatic heterocycles. The van der Waals surface area contributed by atoms with Gasteiger partial charge in [0.15, 0.2) is 0 Å². The van der Waals surface area contributed by atoms with Gasteiger partial charge in [0.1, 0.15) is 18.2 Å². The topological polar surface area (TPSA) is 75.9 Å². The summed E-state index contributed by atoms with van der Waals surface area (Å²) in [5.74, 6) is -1.40. The largest absolute Gasteiger partial charge is 0.447 e. The Kier molecular flexibility index (Phi) is 7.24. The van der Waals surface area contributed by atoms with E-state index in [9.17, 15) is 18.4 Å². The molecule has 8 heteroatoms. The number of hydrogen-bond acceptors (Lipinski definition) is 4. The summed E-state index contributed by atoms with van der Waals surface area (Å²) < 4.78 is 33.6. The molecule has 2 saturated carbocycles. The smallest absolute Gasteiger partial charge is 0.410 e. The fourth-order valence-corrected chi connectivity index (χ4v) is 7.55. The molecule has 5 rings (SSSR count). The van der Waals surface area contributed by atoms with Crippen LogP contribution < -0.4 is 5.73 Å². The zero-order valence-corrected chi connectivity index (χ0v) is 22.2. The number of piperidine rings is 1. The number of nitrogens with zero attached hydrogens (tertiary/aromatic N) is 2. The van der Waals surface area contributed by atoms with Crippen LogP contribution in [0.3, 0.4) is 0 Å². The molecule has 3 atom stereocenters. The van der Waals surface area contributed by atoms with Crippen LogP contribution in [-0.2, 0) is 9.53 Å². The van der Waals surface area contributed by atoms with Crippen molar-refractivity contribution in [3.05, 3.63) is 35.4 Å². The zero-order chi connectivity index (χ0) is 26.4. The van der Waals surface area contributed by atoms with E-state index < -0.39 is 17.6 Å². The standard InChI is InChI=1S/C29H41F2N3O3/c1-28(2)18-37-27(36)34(28)17-29(19-6-4-3-5-7-19)10-12-33(13-11-29)26(35)24-16-21(32)15-23(24)22-9-8-20(30)14-25(22)31/h8-9,14,19,21,23-24H,3-7,10-13,15-18,32H2,1-2H3/t21?,23?,24-/m1/s1. The minimum absolute atomic E-state index is 0.0276. The molecule has 2 heterocycles. The molecule has 1 aromatic carbocycles. The summed E-state index contributed by atoms with van der Waals surface area (Å²) in [6.45, 7) is 6.45. The number of carbonyl (C=O) groups is 2. The maximum absolute atomic E-state index is 14.7. The molecular formula is C29H41F2N3O3. The first kappa shape index (κ1) is 26.4. The van der Waals surface area contributed by atoms with Gasteiger partial charge in [-0.2, -0.15) is 0 Å². The highest BCUT2D eigenvalue weighted by molar-refractivity contribution is 5.80. The van der Waals surface area contributed by atoms with Crippen molar-refractivity contribution in [2.45, 2.75) is 89.1 Å². The van der Waals surface area contributed by atoms with Crippen molar-refractivity contribution in [2.24, 2.45) is 23.0 Å². The highest BCUT2D eigenvalue weighted by atomic mass is 19.1. The van der Waals surface area contributed by atoms with Gasteiger partial charge in [0.05, 0.1) is 5.54 Å². The molecule has 4 fully saturated rings. The fraction of sp³-hybridized carbons (Fsp3) is 0.724. The normalized spacial score (nSPS) is 30.0. The summed E-state index contributed by atoms with van der Waals surface area (Å²) in [7, 11) is 0. The van der Waals surface area contributed by atoms with E-state index in [-0.39, 0.29) is 34.9 Å². The van der Waals surface area contributed by atoms with Crippen molar-refractivity contribution >= 4 is 12.0 Å². The van der Waals surface area contributed by atoms with Crippen molar-refractivity contribution in [2.75, 3.05) is 26.2 Å². The molecule has 2 saturated heterocycles. The van der Waals surface area contributed by atoms with Crippen LogP contribution >= 0.6 is 0 Å². The van der Waals surface area contributed by atoms with Crippen molar-refractivity contribution in [1.82, 2.24) is 9.80 Å². The molecule has 0 bridgehead atoms. The van der Waals surface area contributed by atoms with E-state index in [1.165, 1.54) is 44.2 Å². The molecule has 4 aliphatic rings. The Bertz CT molecular complexity index is 1020. The van der Waals surface area contributed by atoms with E-state index in [2.05, 4.69) is 13.8 Å². The lowest BCUT2D eigenvalue weighted by atomic mass is 9.63. The van der Waals surface area contributed by atoms with Crippen molar-refractivity contribution in [3.63, 3.8) is 0 Å². The predicted molar refractivity (Wildman–Crippen MR) is 137 cm³/mol. The monoisotopic (exact) mass is 517 g/mol. The number of rotatable bonds is 5. The van der Waals surface area contributed by atoms with Gasteiger partial charge in [0.25, 0.3) is 0 Å². The van der Waals surface area contributed by atoms with E-state index in [1.54, 1.807) is 0 Å².